The number of hydrogen-bond acceptors (Lipinski definition) is 2. The molecule has 2 rings (SSSR count). The van der Waals surface area contributed by atoms with Gasteiger partial charge in [-0.2, -0.15) is 0 Å². The van der Waals surface area contributed by atoms with Crippen LogP contribution >= 0.6 is 0 Å². The number of benzene rings is 1. The van der Waals surface area contributed by atoms with Gasteiger partial charge in [0, 0.05) is 13.0 Å². The quantitative estimate of drug-likeness (QED) is 0.906. The summed E-state index contributed by atoms with van der Waals surface area (Å²) in [4.78, 5) is 24.3. The highest BCUT2D eigenvalue weighted by Crippen LogP contribution is 2.28. The van der Waals surface area contributed by atoms with Gasteiger partial charge in [0.25, 0.3) is 0 Å². The molecular formula is C14H16FNO3. The zero-order chi connectivity index (χ0) is 14.0. The molecule has 0 saturated carbocycles. The molecule has 0 aliphatic carbocycles. The zero-order valence-electron chi connectivity index (χ0n) is 10.7. The van der Waals surface area contributed by atoms with Gasteiger partial charge in [-0.3, -0.25) is 4.79 Å². The first kappa shape index (κ1) is 13.5. The maximum atomic E-state index is 13.9. The number of alkyl halides is 1. The third-order valence-corrected chi connectivity index (χ3v) is 3.58. The number of likely N-dealkylation sites (tertiary alicyclic amines) is 1. The third-order valence-electron chi connectivity index (χ3n) is 3.58. The van der Waals surface area contributed by atoms with Crippen molar-refractivity contribution < 1.29 is 19.1 Å². The first-order valence-corrected chi connectivity index (χ1v) is 6.20. The normalized spacial score (nSPS) is 24.2. The van der Waals surface area contributed by atoms with Gasteiger partial charge in [-0.15, -0.1) is 0 Å². The number of amides is 1. The van der Waals surface area contributed by atoms with Crippen LogP contribution in [0.5, 0.6) is 0 Å². The van der Waals surface area contributed by atoms with Gasteiger partial charge in [0.05, 0.1) is 12.5 Å². The summed E-state index contributed by atoms with van der Waals surface area (Å²) < 4.78 is 13.9. The number of rotatable bonds is 3. The molecule has 4 nitrogen and oxygen atoms in total. The van der Waals surface area contributed by atoms with Gasteiger partial charge < -0.3 is 10.0 Å². The van der Waals surface area contributed by atoms with Crippen LogP contribution in [0.2, 0.25) is 0 Å². The summed E-state index contributed by atoms with van der Waals surface area (Å²) in [5.41, 5.74) is -1.45. The maximum absolute atomic E-state index is 13.9. The highest BCUT2D eigenvalue weighted by Gasteiger charge is 2.47. The molecule has 19 heavy (non-hydrogen) atoms. The molecule has 5 heteroatoms. The first-order chi connectivity index (χ1) is 8.94. The molecule has 1 aliphatic rings. The van der Waals surface area contributed by atoms with Crippen molar-refractivity contribution in [3.8, 4) is 0 Å². The number of nitrogens with zero attached hydrogens (tertiary/aromatic N) is 1. The summed E-state index contributed by atoms with van der Waals surface area (Å²) in [6.45, 7) is 1.54. The number of hydrogen-bond donors (Lipinski definition) is 1. The molecule has 0 bridgehead atoms. The molecule has 1 amide bonds. The number of carbonyl (C=O) groups is 2. The largest absolute Gasteiger partial charge is 0.479 e. The molecule has 0 aromatic heterocycles. The lowest BCUT2D eigenvalue weighted by atomic mass is 10.00. The van der Waals surface area contributed by atoms with Crippen molar-refractivity contribution in [2.45, 2.75) is 24.9 Å². The Labute approximate surface area is 110 Å². The Hall–Kier alpha value is -1.91. The molecular weight excluding hydrogens is 249 g/mol. The number of halogens is 1. The summed E-state index contributed by atoms with van der Waals surface area (Å²) in [6.07, 6.45) is -0.143. The fourth-order valence-electron chi connectivity index (χ4n) is 2.29. The summed E-state index contributed by atoms with van der Waals surface area (Å²) in [5, 5.41) is 8.81. The third kappa shape index (κ3) is 2.59. The molecule has 2 unspecified atom stereocenters. The minimum atomic E-state index is -2.30. The van der Waals surface area contributed by atoms with Crippen LogP contribution in [0.1, 0.15) is 24.8 Å². The lowest BCUT2D eigenvalue weighted by molar-refractivity contribution is -0.150. The van der Waals surface area contributed by atoms with Crippen LogP contribution < -0.4 is 0 Å². The van der Waals surface area contributed by atoms with Crippen molar-refractivity contribution in [1.29, 1.82) is 0 Å². The van der Waals surface area contributed by atoms with E-state index in [0.717, 1.165) is 5.56 Å². The molecule has 1 N–H and O–H groups in total. The Balaban J connectivity index is 2.08. The van der Waals surface area contributed by atoms with E-state index >= 15 is 0 Å². The summed E-state index contributed by atoms with van der Waals surface area (Å²) in [5.74, 6) is -2.11. The number of carbonyl (C=O) groups excluding carboxylic acids is 1. The second kappa shape index (κ2) is 4.99. The van der Waals surface area contributed by atoms with E-state index in [1.807, 2.05) is 30.3 Å². The summed E-state index contributed by atoms with van der Waals surface area (Å²) in [7, 11) is 0. The van der Waals surface area contributed by atoms with Crippen LogP contribution in [-0.2, 0) is 9.59 Å². The van der Waals surface area contributed by atoms with Crippen LogP contribution in [0, 0.1) is 0 Å². The van der Waals surface area contributed by atoms with Gasteiger partial charge in [-0.05, 0) is 12.5 Å². The minimum Gasteiger partial charge on any atom is -0.479 e. The molecule has 0 radical (unpaired) electrons. The van der Waals surface area contributed by atoms with E-state index in [-0.39, 0.29) is 25.4 Å². The van der Waals surface area contributed by atoms with Gasteiger partial charge in [-0.1, -0.05) is 30.3 Å². The molecule has 1 fully saturated rings. The van der Waals surface area contributed by atoms with Crippen molar-refractivity contribution in [2.75, 3.05) is 13.1 Å². The van der Waals surface area contributed by atoms with Crippen molar-refractivity contribution in [3.63, 3.8) is 0 Å². The van der Waals surface area contributed by atoms with Crippen LogP contribution in [0.25, 0.3) is 0 Å². The number of aliphatic carboxylic acids is 1. The molecule has 102 valence electrons. The minimum absolute atomic E-state index is 0.143. The standard InChI is InChI=1S/C14H16FNO3/c1-10(11-5-3-2-4-6-11)12(17)16-8-7-14(15,9-16)13(18)19/h2-6,10H,7-9H2,1H3,(H,18,19). The van der Waals surface area contributed by atoms with E-state index in [1.165, 1.54) is 4.90 Å². The average molecular weight is 265 g/mol. The van der Waals surface area contributed by atoms with Gasteiger partial charge in [0.1, 0.15) is 0 Å². The van der Waals surface area contributed by atoms with Crippen LogP contribution in [-0.4, -0.2) is 40.6 Å². The van der Waals surface area contributed by atoms with Crippen LogP contribution in [0.15, 0.2) is 30.3 Å². The van der Waals surface area contributed by atoms with E-state index in [1.54, 1.807) is 6.92 Å². The van der Waals surface area contributed by atoms with Crippen molar-refractivity contribution >= 4 is 11.9 Å². The molecule has 1 aliphatic heterocycles. The lowest BCUT2D eigenvalue weighted by Crippen LogP contribution is -2.40. The molecule has 2 atom stereocenters. The second-order valence-electron chi connectivity index (χ2n) is 4.91. The SMILES string of the molecule is CC(C(=O)N1CCC(F)(C(=O)O)C1)c1ccccc1. The Kier molecular flexibility index (Phi) is 3.55. The lowest BCUT2D eigenvalue weighted by Gasteiger charge is -2.21. The second-order valence-corrected chi connectivity index (χ2v) is 4.91. The maximum Gasteiger partial charge on any atom is 0.343 e. The zero-order valence-corrected chi connectivity index (χ0v) is 10.7. The Morgan fingerprint density at radius 1 is 1.37 bits per heavy atom. The van der Waals surface area contributed by atoms with E-state index in [9.17, 15) is 14.0 Å². The summed E-state index contributed by atoms with van der Waals surface area (Å²) in [6, 6.07) is 9.18. The van der Waals surface area contributed by atoms with Crippen LogP contribution in [0.4, 0.5) is 4.39 Å². The molecule has 1 aromatic rings. The van der Waals surface area contributed by atoms with Crippen molar-refractivity contribution in [3.05, 3.63) is 35.9 Å². The number of carboxylic acids is 1. The van der Waals surface area contributed by atoms with Crippen molar-refractivity contribution in [1.82, 2.24) is 4.90 Å². The fourth-order valence-corrected chi connectivity index (χ4v) is 2.29. The van der Waals surface area contributed by atoms with E-state index in [4.69, 9.17) is 5.11 Å². The van der Waals surface area contributed by atoms with Crippen molar-refractivity contribution in [2.24, 2.45) is 0 Å². The van der Waals surface area contributed by atoms with E-state index in [2.05, 4.69) is 0 Å². The Morgan fingerprint density at radius 3 is 2.53 bits per heavy atom. The van der Waals surface area contributed by atoms with Crippen LogP contribution in [0.3, 0.4) is 0 Å². The van der Waals surface area contributed by atoms with Gasteiger partial charge in [0.2, 0.25) is 11.6 Å². The van der Waals surface area contributed by atoms with Gasteiger partial charge in [-0.25, -0.2) is 9.18 Å². The van der Waals surface area contributed by atoms with Gasteiger partial charge >= 0.3 is 5.97 Å². The highest BCUT2D eigenvalue weighted by atomic mass is 19.1. The average Bonchev–Trinajstić information content (AvgIpc) is 2.82. The summed E-state index contributed by atoms with van der Waals surface area (Å²) >= 11 is 0. The Bertz CT molecular complexity index is 491. The molecule has 1 aromatic carbocycles. The van der Waals surface area contributed by atoms with Gasteiger partial charge in [0.15, 0.2) is 0 Å². The van der Waals surface area contributed by atoms with E-state index in [0.29, 0.717) is 0 Å². The molecule has 1 saturated heterocycles. The highest BCUT2D eigenvalue weighted by molar-refractivity contribution is 5.86. The fraction of sp³-hybridized carbons (Fsp3) is 0.429. The first-order valence-electron chi connectivity index (χ1n) is 6.20. The van der Waals surface area contributed by atoms with E-state index < -0.39 is 17.6 Å². The Morgan fingerprint density at radius 2 is 2.00 bits per heavy atom. The number of carboxylic acid groups (broad SMARTS) is 1. The predicted octanol–water partition coefficient (Wildman–Crippen LogP) is 1.82. The molecule has 1 heterocycles. The smallest absolute Gasteiger partial charge is 0.343 e. The molecule has 0 spiro atoms. The monoisotopic (exact) mass is 265 g/mol. The predicted molar refractivity (Wildman–Crippen MR) is 67.5 cm³/mol. The topological polar surface area (TPSA) is 57.6 Å².